The van der Waals surface area contributed by atoms with Gasteiger partial charge in [0, 0.05) is 15.9 Å². The van der Waals surface area contributed by atoms with Crippen LogP contribution in [0, 0.1) is 0 Å². The van der Waals surface area contributed by atoms with E-state index < -0.39 is 11.8 Å². The third-order valence-electron chi connectivity index (χ3n) is 3.41. The maximum Gasteiger partial charge on any atom is 0.286 e. The van der Waals surface area contributed by atoms with Crippen LogP contribution >= 0.6 is 23.2 Å². The van der Waals surface area contributed by atoms with Gasteiger partial charge in [0.2, 0.25) is 0 Å². The van der Waals surface area contributed by atoms with E-state index in [9.17, 15) is 9.59 Å². The second kappa shape index (κ2) is 6.43. The number of H-pyrrole nitrogens is 1. The van der Waals surface area contributed by atoms with Crippen LogP contribution in [0.3, 0.4) is 0 Å². The molecule has 5 N–H and O–H groups in total. The van der Waals surface area contributed by atoms with Gasteiger partial charge in [0.15, 0.2) is 0 Å². The predicted molar refractivity (Wildman–Crippen MR) is 94.1 cm³/mol. The van der Waals surface area contributed by atoms with Gasteiger partial charge in [-0.05, 0) is 36.4 Å². The van der Waals surface area contributed by atoms with Crippen molar-refractivity contribution < 1.29 is 9.59 Å². The standard InChI is InChI=1S/C16H12Cl2N4O2/c17-9-4-5-12-8(6-9)7-13(20-12)16(24)22-21-15(23)10-2-1-3-11(18)14(10)19/h1-7,20H,19H2,(H,21,23)(H,22,24). The Hall–Kier alpha value is -2.70. The van der Waals surface area contributed by atoms with Gasteiger partial charge in [-0.15, -0.1) is 0 Å². The minimum Gasteiger partial charge on any atom is -0.397 e. The fourth-order valence-corrected chi connectivity index (χ4v) is 2.56. The van der Waals surface area contributed by atoms with Gasteiger partial charge in [0.1, 0.15) is 5.69 Å². The summed E-state index contributed by atoms with van der Waals surface area (Å²) < 4.78 is 0. The van der Waals surface area contributed by atoms with Gasteiger partial charge >= 0.3 is 0 Å². The zero-order valence-electron chi connectivity index (χ0n) is 12.2. The molecule has 3 aromatic rings. The lowest BCUT2D eigenvalue weighted by atomic mass is 10.2. The number of halogens is 2. The Balaban J connectivity index is 1.72. The number of fused-ring (bicyclic) bond motifs is 1. The maximum atomic E-state index is 12.1. The first-order valence-corrected chi connectivity index (χ1v) is 7.64. The summed E-state index contributed by atoms with van der Waals surface area (Å²) in [6.07, 6.45) is 0. The summed E-state index contributed by atoms with van der Waals surface area (Å²) >= 11 is 11.8. The fraction of sp³-hybridized carbons (Fsp3) is 0. The number of nitrogens with two attached hydrogens (primary N) is 1. The Labute approximate surface area is 146 Å². The van der Waals surface area contributed by atoms with Crippen molar-refractivity contribution in [2.75, 3.05) is 5.73 Å². The molecule has 0 spiro atoms. The molecule has 2 aromatic carbocycles. The van der Waals surface area contributed by atoms with Gasteiger partial charge in [-0.1, -0.05) is 29.3 Å². The van der Waals surface area contributed by atoms with Gasteiger partial charge < -0.3 is 10.7 Å². The Morgan fingerprint density at radius 3 is 2.54 bits per heavy atom. The quantitative estimate of drug-likeness (QED) is 0.416. The van der Waals surface area contributed by atoms with Crippen molar-refractivity contribution in [2.45, 2.75) is 0 Å². The third kappa shape index (κ3) is 3.15. The molecule has 8 heteroatoms. The number of rotatable bonds is 2. The molecule has 1 heterocycles. The Morgan fingerprint density at radius 2 is 1.75 bits per heavy atom. The van der Waals surface area contributed by atoms with Crippen LogP contribution in [0.15, 0.2) is 42.5 Å². The van der Waals surface area contributed by atoms with E-state index in [1.54, 1.807) is 36.4 Å². The number of hydrazine groups is 1. The maximum absolute atomic E-state index is 12.1. The summed E-state index contributed by atoms with van der Waals surface area (Å²) in [4.78, 5) is 27.2. The lowest BCUT2D eigenvalue weighted by molar-refractivity contribution is 0.0845. The van der Waals surface area contributed by atoms with Crippen LogP contribution < -0.4 is 16.6 Å². The van der Waals surface area contributed by atoms with Crippen molar-refractivity contribution in [2.24, 2.45) is 0 Å². The Bertz CT molecular complexity index is 952. The first kappa shape index (κ1) is 16.2. The molecule has 0 aliphatic carbocycles. The first-order valence-electron chi connectivity index (χ1n) is 6.88. The molecule has 0 aliphatic heterocycles. The molecule has 6 nitrogen and oxygen atoms in total. The Morgan fingerprint density at radius 1 is 1.00 bits per heavy atom. The average molecular weight is 363 g/mol. The van der Waals surface area contributed by atoms with Crippen LogP contribution in [0.25, 0.3) is 10.9 Å². The highest BCUT2D eigenvalue weighted by molar-refractivity contribution is 6.34. The molecule has 1 aromatic heterocycles. The molecule has 0 unspecified atom stereocenters. The molecular weight excluding hydrogens is 351 g/mol. The normalized spacial score (nSPS) is 10.6. The van der Waals surface area contributed by atoms with Crippen molar-refractivity contribution in [3.05, 3.63) is 63.8 Å². The van der Waals surface area contributed by atoms with Crippen LogP contribution in [0.4, 0.5) is 5.69 Å². The van der Waals surface area contributed by atoms with Crippen LogP contribution in [-0.2, 0) is 0 Å². The average Bonchev–Trinajstić information content (AvgIpc) is 2.98. The van der Waals surface area contributed by atoms with E-state index in [2.05, 4.69) is 15.8 Å². The molecule has 0 fully saturated rings. The van der Waals surface area contributed by atoms with Crippen LogP contribution in [0.1, 0.15) is 20.8 Å². The number of hydrogen-bond acceptors (Lipinski definition) is 3. The van der Waals surface area contributed by atoms with Gasteiger partial charge in [-0.2, -0.15) is 0 Å². The second-order valence-corrected chi connectivity index (χ2v) is 5.87. The lowest BCUT2D eigenvalue weighted by Crippen LogP contribution is -2.42. The third-order valence-corrected chi connectivity index (χ3v) is 3.98. The molecule has 0 aliphatic rings. The molecule has 0 saturated carbocycles. The summed E-state index contributed by atoms with van der Waals surface area (Å²) in [5.41, 5.74) is 11.7. The van der Waals surface area contributed by atoms with Crippen LogP contribution in [-0.4, -0.2) is 16.8 Å². The number of para-hydroxylation sites is 1. The van der Waals surface area contributed by atoms with E-state index >= 15 is 0 Å². The second-order valence-electron chi connectivity index (χ2n) is 5.02. The lowest BCUT2D eigenvalue weighted by Gasteiger charge is -2.09. The molecule has 0 bridgehead atoms. The number of nitrogens with one attached hydrogen (secondary N) is 3. The summed E-state index contributed by atoms with van der Waals surface area (Å²) in [6.45, 7) is 0. The van der Waals surface area contributed by atoms with E-state index in [0.29, 0.717) is 5.02 Å². The number of benzene rings is 2. The van der Waals surface area contributed by atoms with Gasteiger partial charge in [-0.3, -0.25) is 20.4 Å². The molecule has 0 atom stereocenters. The zero-order valence-corrected chi connectivity index (χ0v) is 13.7. The van der Waals surface area contributed by atoms with Crippen LogP contribution in [0.5, 0.6) is 0 Å². The van der Waals surface area contributed by atoms with E-state index in [4.69, 9.17) is 28.9 Å². The van der Waals surface area contributed by atoms with Crippen molar-refractivity contribution in [1.82, 2.24) is 15.8 Å². The Kier molecular flexibility index (Phi) is 4.33. The molecule has 122 valence electrons. The zero-order chi connectivity index (χ0) is 17.3. The predicted octanol–water partition coefficient (Wildman–Crippen LogP) is 3.13. The molecule has 2 amide bonds. The van der Waals surface area contributed by atoms with Crippen LogP contribution in [0.2, 0.25) is 10.0 Å². The number of carbonyl (C=O) groups is 2. The smallest absolute Gasteiger partial charge is 0.286 e. The molecule has 0 saturated heterocycles. The number of carbonyl (C=O) groups excluding carboxylic acids is 2. The number of nitrogen functional groups attached to an aromatic ring is 1. The van der Waals surface area contributed by atoms with Crippen molar-refractivity contribution in [1.29, 1.82) is 0 Å². The first-order chi connectivity index (χ1) is 11.5. The minimum atomic E-state index is -0.567. The monoisotopic (exact) mass is 362 g/mol. The molecular formula is C16H12Cl2N4O2. The van der Waals surface area contributed by atoms with Crippen molar-refractivity contribution in [3.63, 3.8) is 0 Å². The summed E-state index contributed by atoms with van der Waals surface area (Å²) in [5, 5.41) is 1.62. The highest BCUT2D eigenvalue weighted by Gasteiger charge is 2.14. The fourth-order valence-electron chi connectivity index (χ4n) is 2.21. The highest BCUT2D eigenvalue weighted by Crippen LogP contribution is 2.22. The number of amides is 2. The SMILES string of the molecule is Nc1c(Cl)cccc1C(=O)NNC(=O)c1cc2cc(Cl)ccc2[nH]1. The summed E-state index contributed by atoms with van der Waals surface area (Å²) in [6, 6.07) is 11.5. The topological polar surface area (TPSA) is 100 Å². The van der Waals surface area contributed by atoms with E-state index in [0.717, 1.165) is 10.9 Å². The van der Waals surface area contributed by atoms with Crippen molar-refractivity contribution >= 4 is 51.6 Å². The number of aromatic nitrogens is 1. The van der Waals surface area contributed by atoms with E-state index in [1.807, 2.05) is 0 Å². The highest BCUT2D eigenvalue weighted by atomic mass is 35.5. The molecule has 3 rings (SSSR count). The number of hydrogen-bond donors (Lipinski definition) is 4. The molecule has 24 heavy (non-hydrogen) atoms. The number of anilines is 1. The van der Waals surface area contributed by atoms with Crippen molar-refractivity contribution in [3.8, 4) is 0 Å². The van der Waals surface area contributed by atoms with Gasteiger partial charge in [-0.25, -0.2) is 0 Å². The van der Waals surface area contributed by atoms with E-state index in [1.165, 1.54) is 6.07 Å². The minimum absolute atomic E-state index is 0.145. The summed E-state index contributed by atoms with van der Waals surface area (Å²) in [7, 11) is 0. The van der Waals surface area contributed by atoms with E-state index in [-0.39, 0.29) is 22.0 Å². The largest absolute Gasteiger partial charge is 0.397 e. The van der Waals surface area contributed by atoms with Gasteiger partial charge in [0.25, 0.3) is 11.8 Å². The van der Waals surface area contributed by atoms with Gasteiger partial charge in [0.05, 0.1) is 16.3 Å². The summed E-state index contributed by atoms with van der Waals surface area (Å²) in [5.74, 6) is -1.07. The molecule has 0 radical (unpaired) electrons. The number of aromatic amines is 1.